The molecular weight excluding hydrogens is 178 g/mol. The maximum atomic E-state index is 13.2. The maximum Gasteiger partial charge on any atom is 0.258 e. The summed E-state index contributed by atoms with van der Waals surface area (Å²) in [4.78, 5) is 2.42. The molecule has 1 fully saturated rings. The molecule has 0 bridgehead atoms. The molecule has 0 unspecified atom stereocenters. The second-order valence-corrected chi connectivity index (χ2v) is 3.73. The van der Waals surface area contributed by atoms with Crippen LogP contribution in [0.3, 0.4) is 0 Å². The first-order valence-corrected chi connectivity index (χ1v) is 4.11. The number of halogens is 2. The van der Waals surface area contributed by atoms with Crippen LogP contribution in [0.4, 0.5) is 8.78 Å². The van der Waals surface area contributed by atoms with Crippen molar-refractivity contribution in [3.8, 4) is 0 Å². The highest BCUT2D eigenvalue weighted by Crippen LogP contribution is 2.40. The second kappa shape index (κ2) is 3.12. The molecule has 0 spiro atoms. The molecule has 2 N–H and O–H groups in total. The minimum Gasteiger partial charge on any atom is -0.325 e. The van der Waals surface area contributed by atoms with Crippen molar-refractivity contribution in [3.05, 3.63) is 10.4 Å². The van der Waals surface area contributed by atoms with Gasteiger partial charge in [0, 0.05) is 16.9 Å². The van der Waals surface area contributed by atoms with Crippen LogP contribution in [0, 0.1) is 0 Å². The molecule has 4 nitrogen and oxygen atoms in total. The van der Waals surface area contributed by atoms with Crippen LogP contribution in [0.25, 0.3) is 10.4 Å². The van der Waals surface area contributed by atoms with Crippen LogP contribution >= 0.6 is 0 Å². The Kier molecular flexibility index (Phi) is 2.45. The van der Waals surface area contributed by atoms with Gasteiger partial charge in [-0.3, -0.25) is 0 Å². The third kappa shape index (κ3) is 1.89. The van der Waals surface area contributed by atoms with Gasteiger partial charge in [-0.15, -0.1) is 0 Å². The van der Waals surface area contributed by atoms with Gasteiger partial charge in [-0.25, -0.2) is 8.78 Å². The fraction of sp³-hybridized carbons (Fsp3) is 1.00. The molecular formula is C7H12F2N4. The number of nitrogens with two attached hydrogens (primary N) is 1. The third-order valence-corrected chi connectivity index (χ3v) is 2.42. The minimum atomic E-state index is -2.96. The molecule has 2 atom stereocenters. The smallest absolute Gasteiger partial charge is 0.258 e. The Hall–Kier alpha value is -0.870. The van der Waals surface area contributed by atoms with Crippen LogP contribution < -0.4 is 5.73 Å². The highest BCUT2D eigenvalue weighted by Gasteiger charge is 2.50. The zero-order valence-corrected chi connectivity index (χ0v) is 7.37. The number of hydrogen-bond acceptors (Lipinski definition) is 2. The van der Waals surface area contributed by atoms with E-state index in [0.717, 1.165) is 0 Å². The number of alkyl halides is 2. The minimum absolute atomic E-state index is 0.247. The zero-order valence-electron chi connectivity index (χ0n) is 7.37. The average molecular weight is 190 g/mol. The van der Waals surface area contributed by atoms with Crippen LogP contribution in [0.2, 0.25) is 0 Å². The Morgan fingerprint density at radius 2 is 2.15 bits per heavy atom. The molecule has 1 saturated carbocycles. The van der Waals surface area contributed by atoms with Gasteiger partial charge in [0.2, 0.25) is 0 Å². The number of rotatable bonds is 1. The van der Waals surface area contributed by atoms with Crippen molar-refractivity contribution >= 4 is 0 Å². The van der Waals surface area contributed by atoms with Gasteiger partial charge in [0.05, 0.1) is 0 Å². The summed E-state index contributed by atoms with van der Waals surface area (Å²) in [6.07, 6.45) is 0.590. The lowest BCUT2D eigenvalue weighted by Crippen LogP contribution is -2.58. The van der Waals surface area contributed by atoms with Crippen molar-refractivity contribution in [2.45, 2.75) is 43.7 Å². The molecule has 0 radical (unpaired) electrons. The summed E-state index contributed by atoms with van der Waals surface area (Å²) in [5.41, 5.74) is 12.7. The van der Waals surface area contributed by atoms with E-state index in [9.17, 15) is 8.78 Å². The SMILES string of the molecule is C[C@@]1(N)CCCC(F)(F)[C@@H]1N=[N+]=[N-]. The van der Waals surface area contributed by atoms with Crippen molar-refractivity contribution < 1.29 is 8.78 Å². The molecule has 13 heavy (non-hydrogen) atoms. The lowest BCUT2D eigenvalue weighted by molar-refractivity contribution is -0.0752. The average Bonchev–Trinajstić information content (AvgIpc) is 1.96. The summed E-state index contributed by atoms with van der Waals surface area (Å²) in [5, 5.41) is 3.09. The van der Waals surface area contributed by atoms with E-state index in [-0.39, 0.29) is 6.42 Å². The van der Waals surface area contributed by atoms with Crippen LogP contribution in [-0.4, -0.2) is 17.5 Å². The molecule has 0 amide bonds. The van der Waals surface area contributed by atoms with Gasteiger partial charge < -0.3 is 5.73 Å². The molecule has 1 rings (SSSR count). The van der Waals surface area contributed by atoms with Crippen LogP contribution in [0.5, 0.6) is 0 Å². The fourth-order valence-electron chi connectivity index (χ4n) is 1.73. The van der Waals surface area contributed by atoms with Gasteiger partial charge in [0.1, 0.15) is 6.04 Å². The monoisotopic (exact) mass is 190 g/mol. The zero-order chi connectivity index (χ0) is 10.1. The first-order chi connectivity index (χ1) is 5.90. The second-order valence-electron chi connectivity index (χ2n) is 3.73. The van der Waals surface area contributed by atoms with E-state index in [1.54, 1.807) is 0 Å². The lowest BCUT2D eigenvalue weighted by atomic mass is 9.77. The van der Waals surface area contributed by atoms with Crippen molar-refractivity contribution in [2.24, 2.45) is 10.8 Å². The van der Waals surface area contributed by atoms with Gasteiger partial charge in [-0.1, -0.05) is 5.11 Å². The fourth-order valence-corrected chi connectivity index (χ4v) is 1.73. The number of azide groups is 1. The summed E-state index contributed by atoms with van der Waals surface area (Å²) in [6, 6.07) is -1.42. The standard InChI is InChI=1S/C7H12F2N4/c1-6(10)3-2-4-7(8,9)5(6)12-13-11/h5H,2-4,10H2,1H3/t5-,6-/m1/s1. The molecule has 0 saturated heterocycles. The Morgan fingerprint density at radius 1 is 1.54 bits per heavy atom. The Labute approximate surface area is 74.7 Å². The highest BCUT2D eigenvalue weighted by atomic mass is 19.3. The summed E-state index contributed by atoms with van der Waals surface area (Å²) in [6.45, 7) is 1.50. The molecule has 0 aliphatic heterocycles. The summed E-state index contributed by atoms with van der Waals surface area (Å²) < 4.78 is 26.4. The first-order valence-electron chi connectivity index (χ1n) is 4.11. The van der Waals surface area contributed by atoms with Crippen LogP contribution in [0.15, 0.2) is 5.11 Å². The molecule has 1 aliphatic rings. The van der Waals surface area contributed by atoms with E-state index in [4.69, 9.17) is 11.3 Å². The number of nitrogens with zero attached hydrogens (tertiary/aromatic N) is 3. The van der Waals surface area contributed by atoms with Gasteiger partial charge in [0.25, 0.3) is 5.92 Å². The van der Waals surface area contributed by atoms with Crippen molar-refractivity contribution in [1.29, 1.82) is 0 Å². The van der Waals surface area contributed by atoms with E-state index >= 15 is 0 Å². The Bertz CT molecular complexity index is 229. The normalized spacial score (nSPS) is 38.0. The van der Waals surface area contributed by atoms with Gasteiger partial charge in [-0.05, 0) is 25.3 Å². The van der Waals surface area contributed by atoms with Gasteiger partial charge >= 0.3 is 0 Å². The molecule has 6 heteroatoms. The van der Waals surface area contributed by atoms with E-state index in [1.807, 2.05) is 0 Å². The molecule has 0 aromatic rings. The highest BCUT2D eigenvalue weighted by molar-refractivity contribution is 5.04. The molecule has 0 heterocycles. The van der Waals surface area contributed by atoms with Crippen molar-refractivity contribution in [3.63, 3.8) is 0 Å². The summed E-state index contributed by atoms with van der Waals surface area (Å²) in [5.74, 6) is -2.96. The molecule has 0 aromatic heterocycles. The van der Waals surface area contributed by atoms with E-state index in [0.29, 0.717) is 12.8 Å². The van der Waals surface area contributed by atoms with E-state index in [2.05, 4.69) is 10.0 Å². The topological polar surface area (TPSA) is 74.8 Å². The van der Waals surface area contributed by atoms with Crippen molar-refractivity contribution in [2.75, 3.05) is 0 Å². The first kappa shape index (κ1) is 10.2. The van der Waals surface area contributed by atoms with Gasteiger partial charge in [-0.2, -0.15) is 0 Å². The summed E-state index contributed by atoms with van der Waals surface area (Å²) in [7, 11) is 0. The Balaban J connectivity index is 2.97. The van der Waals surface area contributed by atoms with Crippen LogP contribution in [-0.2, 0) is 0 Å². The van der Waals surface area contributed by atoms with E-state index in [1.165, 1.54) is 6.92 Å². The Morgan fingerprint density at radius 3 is 2.62 bits per heavy atom. The quantitative estimate of drug-likeness (QED) is 0.384. The molecule has 0 aromatic carbocycles. The predicted octanol–water partition coefficient (Wildman–Crippen LogP) is 2.20. The van der Waals surface area contributed by atoms with Crippen LogP contribution in [0.1, 0.15) is 26.2 Å². The van der Waals surface area contributed by atoms with Crippen molar-refractivity contribution in [1.82, 2.24) is 0 Å². The molecule has 1 aliphatic carbocycles. The predicted molar refractivity (Wildman–Crippen MR) is 44.3 cm³/mol. The third-order valence-electron chi connectivity index (χ3n) is 2.42. The van der Waals surface area contributed by atoms with E-state index < -0.39 is 17.5 Å². The maximum absolute atomic E-state index is 13.2. The van der Waals surface area contributed by atoms with Gasteiger partial charge in [0.15, 0.2) is 0 Å². The number of hydrogen-bond donors (Lipinski definition) is 1. The molecule has 74 valence electrons. The lowest BCUT2D eigenvalue weighted by Gasteiger charge is -2.40. The summed E-state index contributed by atoms with van der Waals surface area (Å²) >= 11 is 0. The largest absolute Gasteiger partial charge is 0.325 e.